The van der Waals surface area contributed by atoms with Crippen LogP contribution < -0.4 is 15.3 Å². The maximum atomic E-state index is 13.2. The Hall–Kier alpha value is -4.73. The highest BCUT2D eigenvalue weighted by Gasteiger charge is 2.26. The van der Waals surface area contributed by atoms with Gasteiger partial charge in [0.15, 0.2) is 5.65 Å². The summed E-state index contributed by atoms with van der Waals surface area (Å²) >= 11 is 0. The van der Waals surface area contributed by atoms with E-state index >= 15 is 0 Å². The molecule has 0 atom stereocenters. The summed E-state index contributed by atoms with van der Waals surface area (Å²) in [6.45, 7) is 4.50. The molecule has 10 heteroatoms. The van der Waals surface area contributed by atoms with Crippen LogP contribution in [0, 0.1) is 13.8 Å². The number of rotatable bonds is 4. The molecule has 36 heavy (non-hydrogen) atoms. The molecule has 5 aromatic rings. The first-order valence-corrected chi connectivity index (χ1v) is 11.5. The Bertz CT molecular complexity index is 1680. The summed E-state index contributed by atoms with van der Waals surface area (Å²) in [5, 5.41) is 8.55. The van der Waals surface area contributed by atoms with Crippen molar-refractivity contribution in [3.05, 3.63) is 82.4 Å². The normalized spacial score (nSPS) is 13.0. The lowest BCUT2D eigenvalue weighted by atomic mass is 10.1. The number of benzene rings is 2. The van der Waals surface area contributed by atoms with Gasteiger partial charge in [-0.3, -0.25) is 4.79 Å². The number of fused-ring (bicyclic) bond motifs is 2. The second-order valence-corrected chi connectivity index (χ2v) is 8.71. The van der Waals surface area contributed by atoms with Gasteiger partial charge in [0.1, 0.15) is 18.9 Å². The van der Waals surface area contributed by atoms with Gasteiger partial charge in [-0.2, -0.15) is 4.98 Å². The highest BCUT2D eigenvalue weighted by Crippen LogP contribution is 2.32. The highest BCUT2D eigenvalue weighted by molar-refractivity contribution is 5.95. The second-order valence-electron chi connectivity index (χ2n) is 8.71. The molecule has 10 nitrogen and oxygen atoms in total. The molecule has 0 N–H and O–H groups in total. The average molecular weight is 483 g/mol. The maximum absolute atomic E-state index is 13.2. The molecule has 0 saturated carbocycles. The fourth-order valence-electron chi connectivity index (χ4n) is 4.34. The number of hydrogen-bond donors (Lipinski definition) is 0. The summed E-state index contributed by atoms with van der Waals surface area (Å²) < 4.78 is 13.7. The van der Waals surface area contributed by atoms with Crippen molar-refractivity contribution in [3.8, 4) is 28.6 Å². The second kappa shape index (κ2) is 8.49. The summed E-state index contributed by atoms with van der Waals surface area (Å²) in [5.41, 5.74) is 4.00. The number of aromatic nitrogens is 5. The number of hydrogen-bond acceptors (Lipinski definition) is 7. The van der Waals surface area contributed by atoms with Gasteiger partial charge in [-0.05, 0) is 49.7 Å². The first kappa shape index (κ1) is 21.8. The monoisotopic (exact) mass is 482 g/mol. The number of amides is 1. The molecule has 2 aromatic carbocycles. The zero-order valence-corrected chi connectivity index (χ0v) is 19.7. The third kappa shape index (κ3) is 3.72. The van der Waals surface area contributed by atoms with E-state index in [-0.39, 0.29) is 18.3 Å². The largest absolute Gasteiger partial charge is 0.490 e. The van der Waals surface area contributed by atoms with Crippen molar-refractivity contribution in [2.24, 2.45) is 0 Å². The Balaban J connectivity index is 1.34. The minimum absolute atomic E-state index is 0.217. The number of carbonyl (C=O) groups is 1. The van der Waals surface area contributed by atoms with E-state index in [9.17, 15) is 9.59 Å². The molecule has 0 saturated heterocycles. The Morgan fingerprint density at radius 1 is 1.06 bits per heavy atom. The topological polar surface area (TPSA) is 108 Å². The van der Waals surface area contributed by atoms with Crippen LogP contribution in [0.3, 0.4) is 0 Å². The van der Waals surface area contributed by atoms with Gasteiger partial charge >= 0.3 is 5.69 Å². The van der Waals surface area contributed by atoms with Gasteiger partial charge in [-0.25, -0.2) is 13.9 Å². The minimum Gasteiger partial charge on any atom is -0.490 e. The predicted octanol–water partition coefficient (Wildman–Crippen LogP) is 3.26. The summed E-state index contributed by atoms with van der Waals surface area (Å²) in [7, 11) is 0. The van der Waals surface area contributed by atoms with Gasteiger partial charge in [-0.15, -0.1) is 5.10 Å². The van der Waals surface area contributed by atoms with Gasteiger partial charge in [0.05, 0.1) is 17.8 Å². The van der Waals surface area contributed by atoms with E-state index in [0.29, 0.717) is 41.6 Å². The van der Waals surface area contributed by atoms with Crippen LogP contribution in [0.15, 0.2) is 70.1 Å². The van der Waals surface area contributed by atoms with Crippen molar-refractivity contribution in [1.29, 1.82) is 0 Å². The van der Waals surface area contributed by atoms with E-state index in [1.54, 1.807) is 23.2 Å². The van der Waals surface area contributed by atoms with Crippen molar-refractivity contribution in [1.82, 2.24) is 24.3 Å². The molecular weight excluding hydrogens is 460 g/mol. The van der Waals surface area contributed by atoms with Gasteiger partial charge in [-0.1, -0.05) is 35.0 Å². The van der Waals surface area contributed by atoms with Crippen molar-refractivity contribution in [2.45, 2.75) is 20.4 Å². The molecule has 4 heterocycles. The minimum atomic E-state index is -0.434. The molecule has 1 amide bonds. The lowest BCUT2D eigenvalue weighted by Crippen LogP contribution is -2.41. The van der Waals surface area contributed by atoms with Crippen LogP contribution in [-0.4, -0.2) is 43.4 Å². The SMILES string of the molecule is Cc1cccc(-c2noc(-c3cccn4c(=O)n(CC(=O)N5CCOc6ccc(C)cc65)nc34)n2)c1. The van der Waals surface area contributed by atoms with Gasteiger partial charge in [0.2, 0.25) is 11.7 Å². The molecule has 180 valence electrons. The van der Waals surface area contributed by atoms with Crippen molar-refractivity contribution < 1.29 is 14.1 Å². The van der Waals surface area contributed by atoms with Gasteiger partial charge in [0.25, 0.3) is 5.89 Å². The molecule has 6 rings (SSSR count). The summed E-state index contributed by atoms with van der Waals surface area (Å²) in [5.74, 6) is 1.06. The Kier molecular flexibility index (Phi) is 5.14. The number of aryl methyl sites for hydroxylation is 2. The third-order valence-corrected chi connectivity index (χ3v) is 6.11. The maximum Gasteiger partial charge on any atom is 0.350 e. The van der Waals surface area contributed by atoms with E-state index in [4.69, 9.17) is 9.26 Å². The molecular formula is C26H22N6O4. The molecule has 0 bridgehead atoms. The first-order valence-electron chi connectivity index (χ1n) is 11.5. The summed E-state index contributed by atoms with van der Waals surface area (Å²) in [6.07, 6.45) is 1.60. The third-order valence-electron chi connectivity index (χ3n) is 6.11. The number of ether oxygens (including phenoxy) is 1. The van der Waals surface area contributed by atoms with E-state index < -0.39 is 5.69 Å². The Morgan fingerprint density at radius 2 is 1.92 bits per heavy atom. The molecule has 0 radical (unpaired) electrons. The van der Waals surface area contributed by atoms with Crippen LogP contribution in [0.2, 0.25) is 0 Å². The van der Waals surface area contributed by atoms with E-state index in [0.717, 1.165) is 21.4 Å². The molecule has 0 fully saturated rings. The number of nitrogens with zero attached hydrogens (tertiary/aromatic N) is 6. The van der Waals surface area contributed by atoms with Gasteiger partial charge < -0.3 is 14.2 Å². The van der Waals surface area contributed by atoms with E-state index in [1.807, 2.05) is 56.3 Å². The van der Waals surface area contributed by atoms with Crippen molar-refractivity contribution >= 4 is 17.2 Å². The molecule has 0 unspecified atom stereocenters. The number of anilines is 1. The highest BCUT2D eigenvalue weighted by atomic mass is 16.5. The van der Waals surface area contributed by atoms with E-state index in [1.165, 1.54) is 4.40 Å². The molecule has 1 aliphatic rings. The standard InChI is InChI=1S/C26H22N6O4/c1-16-5-3-6-18(13-16)23-27-25(36-29-23)19-7-4-10-31-24(19)28-32(26(31)34)15-22(33)30-11-12-35-21-9-8-17(2)14-20(21)30/h3-10,13-14H,11-12,15H2,1-2H3. The first-order chi connectivity index (χ1) is 17.5. The fourth-order valence-corrected chi connectivity index (χ4v) is 4.34. The van der Waals surface area contributed by atoms with E-state index in [2.05, 4.69) is 15.2 Å². The zero-order valence-electron chi connectivity index (χ0n) is 19.7. The molecule has 3 aromatic heterocycles. The predicted molar refractivity (Wildman–Crippen MR) is 132 cm³/mol. The average Bonchev–Trinajstić information content (AvgIpc) is 3.49. The quantitative estimate of drug-likeness (QED) is 0.387. The lowest BCUT2D eigenvalue weighted by Gasteiger charge is -2.29. The lowest BCUT2D eigenvalue weighted by molar-refractivity contribution is -0.119. The van der Waals surface area contributed by atoms with Crippen LogP contribution in [0.1, 0.15) is 11.1 Å². The van der Waals surface area contributed by atoms with Crippen LogP contribution in [-0.2, 0) is 11.3 Å². The molecule has 0 spiro atoms. The van der Waals surface area contributed by atoms with Gasteiger partial charge in [0, 0.05) is 11.8 Å². The fraction of sp³-hybridized carbons (Fsp3) is 0.192. The van der Waals surface area contributed by atoms with Crippen molar-refractivity contribution in [3.63, 3.8) is 0 Å². The van der Waals surface area contributed by atoms with Crippen LogP contribution in [0.4, 0.5) is 5.69 Å². The molecule has 0 aliphatic carbocycles. The van der Waals surface area contributed by atoms with Crippen molar-refractivity contribution in [2.75, 3.05) is 18.1 Å². The Labute approximate surface area is 205 Å². The Morgan fingerprint density at radius 3 is 2.78 bits per heavy atom. The smallest absolute Gasteiger partial charge is 0.350 e. The summed E-state index contributed by atoms with van der Waals surface area (Å²) in [6, 6.07) is 16.9. The zero-order chi connectivity index (χ0) is 24.8. The number of pyridine rings is 1. The molecule has 1 aliphatic heterocycles. The van der Waals surface area contributed by atoms with Crippen LogP contribution >= 0.6 is 0 Å². The van der Waals surface area contributed by atoms with Crippen LogP contribution in [0.5, 0.6) is 5.75 Å². The van der Waals surface area contributed by atoms with Crippen LogP contribution in [0.25, 0.3) is 28.5 Å². The summed E-state index contributed by atoms with van der Waals surface area (Å²) in [4.78, 5) is 32.5. The number of carbonyl (C=O) groups excluding carboxylic acids is 1.